The Morgan fingerprint density at radius 2 is 2.24 bits per heavy atom. The van der Waals surface area contributed by atoms with Crippen molar-refractivity contribution >= 4 is 34.5 Å². The Balaban J connectivity index is 2.14. The van der Waals surface area contributed by atoms with E-state index in [1.807, 2.05) is 6.92 Å². The summed E-state index contributed by atoms with van der Waals surface area (Å²) in [4.78, 5) is 12.0. The van der Waals surface area contributed by atoms with Crippen molar-refractivity contribution in [3.8, 4) is 0 Å². The third-order valence-corrected chi connectivity index (χ3v) is 4.60. The molecule has 7 heteroatoms. The SMILES string of the molecule is Cc1c(Cl)nc2ncnn2c1N(Cc1cccs1)C(C)C. The second kappa shape index (κ2) is 5.61. The van der Waals surface area contributed by atoms with Gasteiger partial charge in [0, 0.05) is 16.5 Å². The molecule has 0 amide bonds. The van der Waals surface area contributed by atoms with E-state index in [9.17, 15) is 0 Å². The Labute approximate surface area is 132 Å². The Morgan fingerprint density at radius 1 is 1.43 bits per heavy atom. The van der Waals surface area contributed by atoms with Gasteiger partial charge in [0.05, 0.1) is 6.54 Å². The maximum atomic E-state index is 6.26. The van der Waals surface area contributed by atoms with Crippen LogP contribution >= 0.6 is 22.9 Å². The van der Waals surface area contributed by atoms with Gasteiger partial charge >= 0.3 is 0 Å². The standard InChI is InChI=1S/C14H16ClN5S/c1-9(2)19(7-11-5-4-6-21-11)13-10(3)12(15)18-14-16-8-17-20(13)14/h4-6,8-9H,7H2,1-3H3. The minimum absolute atomic E-state index is 0.302. The molecule has 0 aliphatic heterocycles. The first-order valence-electron chi connectivity index (χ1n) is 6.72. The van der Waals surface area contributed by atoms with E-state index in [4.69, 9.17) is 11.6 Å². The quantitative estimate of drug-likeness (QED) is 0.689. The number of aromatic nitrogens is 4. The van der Waals surface area contributed by atoms with Crippen LogP contribution in [0.3, 0.4) is 0 Å². The second-order valence-corrected chi connectivity index (χ2v) is 6.51. The fraction of sp³-hybridized carbons (Fsp3) is 0.357. The molecule has 0 unspecified atom stereocenters. The summed E-state index contributed by atoms with van der Waals surface area (Å²) in [5, 5.41) is 6.86. The third kappa shape index (κ3) is 2.61. The zero-order valence-corrected chi connectivity index (χ0v) is 13.7. The van der Waals surface area contributed by atoms with Crippen LogP contribution in [-0.2, 0) is 6.54 Å². The van der Waals surface area contributed by atoms with Crippen LogP contribution in [-0.4, -0.2) is 25.6 Å². The largest absolute Gasteiger partial charge is 0.349 e. The van der Waals surface area contributed by atoms with Gasteiger partial charge in [0.2, 0.25) is 0 Å². The van der Waals surface area contributed by atoms with Gasteiger partial charge in [-0.25, -0.2) is 0 Å². The third-order valence-electron chi connectivity index (χ3n) is 3.38. The number of nitrogens with zero attached hydrogens (tertiary/aromatic N) is 5. The van der Waals surface area contributed by atoms with Crippen molar-refractivity contribution in [3.63, 3.8) is 0 Å². The Morgan fingerprint density at radius 3 is 2.90 bits per heavy atom. The van der Waals surface area contributed by atoms with Crippen LogP contribution in [0.2, 0.25) is 5.15 Å². The molecular weight excluding hydrogens is 306 g/mol. The van der Waals surface area contributed by atoms with Gasteiger partial charge in [-0.15, -0.1) is 11.3 Å². The van der Waals surface area contributed by atoms with E-state index >= 15 is 0 Å². The van der Waals surface area contributed by atoms with Gasteiger partial charge in [0.15, 0.2) is 0 Å². The van der Waals surface area contributed by atoms with Crippen molar-refractivity contribution in [1.29, 1.82) is 0 Å². The lowest BCUT2D eigenvalue weighted by Gasteiger charge is -2.30. The lowest BCUT2D eigenvalue weighted by atomic mass is 10.2. The summed E-state index contributed by atoms with van der Waals surface area (Å²) in [6, 6.07) is 4.50. The smallest absolute Gasteiger partial charge is 0.255 e. The summed E-state index contributed by atoms with van der Waals surface area (Å²) in [6.07, 6.45) is 1.51. The fourth-order valence-corrected chi connectivity index (χ4v) is 3.16. The predicted octanol–water partition coefficient (Wildman–Crippen LogP) is 3.56. The zero-order valence-electron chi connectivity index (χ0n) is 12.1. The molecule has 0 aliphatic carbocycles. The molecule has 0 atom stereocenters. The molecule has 0 saturated heterocycles. The van der Waals surface area contributed by atoms with E-state index in [1.54, 1.807) is 15.9 Å². The van der Waals surface area contributed by atoms with Crippen LogP contribution in [0, 0.1) is 6.92 Å². The van der Waals surface area contributed by atoms with Gasteiger partial charge in [-0.3, -0.25) is 0 Å². The van der Waals surface area contributed by atoms with Gasteiger partial charge in [-0.05, 0) is 32.2 Å². The number of fused-ring (bicyclic) bond motifs is 1. The first kappa shape index (κ1) is 14.3. The minimum Gasteiger partial charge on any atom is -0.349 e. The predicted molar refractivity (Wildman–Crippen MR) is 86.2 cm³/mol. The van der Waals surface area contributed by atoms with E-state index < -0.39 is 0 Å². The normalized spacial score (nSPS) is 11.5. The molecule has 0 radical (unpaired) electrons. The molecule has 110 valence electrons. The number of hydrogen-bond acceptors (Lipinski definition) is 5. The topological polar surface area (TPSA) is 46.3 Å². The fourth-order valence-electron chi connectivity index (χ4n) is 2.29. The van der Waals surface area contributed by atoms with E-state index in [1.165, 1.54) is 11.2 Å². The van der Waals surface area contributed by atoms with Crippen molar-refractivity contribution in [1.82, 2.24) is 19.6 Å². The van der Waals surface area contributed by atoms with E-state index in [0.29, 0.717) is 17.0 Å². The van der Waals surface area contributed by atoms with Crippen molar-refractivity contribution in [3.05, 3.63) is 39.4 Å². The van der Waals surface area contributed by atoms with E-state index in [0.717, 1.165) is 17.9 Å². The molecule has 5 nitrogen and oxygen atoms in total. The van der Waals surface area contributed by atoms with Gasteiger partial charge in [0.1, 0.15) is 17.3 Å². The molecule has 21 heavy (non-hydrogen) atoms. The lowest BCUT2D eigenvalue weighted by Crippen LogP contribution is -2.32. The summed E-state index contributed by atoms with van der Waals surface area (Å²) < 4.78 is 1.76. The molecule has 0 aliphatic rings. The highest BCUT2D eigenvalue weighted by Gasteiger charge is 2.21. The monoisotopic (exact) mass is 321 g/mol. The van der Waals surface area contributed by atoms with Crippen LogP contribution in [0.4, 0.5) is 5.82 Å². The highest BCUT2D eigenvalue weighted by molar-refractivity contribution is 7.09. The number of hydrogen-bond donors (Lipinski definition) is 0. The zero-order chi connectivity index (χ0) is 15.0. The Bertz CT molecular complexity index is 750. The molecule has 3 rings (SSSR count). The first-order valence-corrected chi connectivity index (χ1v) is 7.98. The molecule has 0 fully saturated rings. The van der Waals surface area contributed by atoms with Crippen LogP contribution in [0.1, 0.15) is 24.3 Å². The van der Waals surface area contributed by atoms with Crippen molar-refractivity contribution < 1.29 is 0 Å². The van der Waals surface area contributed by atoms with Gasteiger partial charge in [-0.1, -0.05) is 17.7 Å². The molecular formula is C14H16ClN5S. The number of thiophene rings is 1. The summed E-state index contributed by atoms with van der Waals surface area (Å²) in [6.45, 7) is 7.09. The molecule has 3 aromatic heterocycles. The van der Waals surface area contributed by atoms with Crippen LogP contribution < -0.4 is 4.90 Å². The molecule has 0 spiro atoms. The van der Waals surface area contributed by atoms with Crippen LogP contribution in [0.15, 0.2) is 23.8 Å². The second-order valence-electron chi connectivity index (χ2n) is 5.12. The lowest BCUT2D eigenvalue weighted by molar-refractivity contribution is 0.659. The summed E-state index contributed by atoms with van der Waals surface area (Å²) >= 11 is 8.01. The molecule has 0 aromatic carbocycles. The van der Waals surface area contributed by atoms with Gasteiger partial charge in [-0.2, -0.15) is 19.6 Å². The highest BCUT2D eigenvalue weighted by Crippen LogP contribution is 2.29. The van der Waals surface area contributed by atoms with E-state index in [-0.39, 0.29) is 0 Å². The van der Waals surface area contributed by atoms with Crippen molar-refractivity contribution in [2.75, 3.05) is 4.90 Å². The molecule has 0 N–H and O–H groups in total. The van der Waals surface area contributed by atoms with Crippen LogP contribution in [0.5, 0.6) is 0 Å². The average Bonchev–Trinajstić information content (AvgIpc) is 3.09. The Kier molecular flexibility index (Phi) is 3.82. The first-order chi connectivity index (χ1) is 10.1. The maximum absolute atomic E-state index is 6.26. The van der Waals surface area contributed by atoms with Gasteiger partial charge < -0.3 is 4.90 Å². The number of halogens is 1. The summed E-state index contributed by atoms with van der Waals surface area (Å²) in [7, 11) is 0. The summed E-state index contributed by atoms with van der Waals surface area (Å²) in [5.74, 6) is 1.48. The average molecular weight is 322 g/mol. The van der Waals surface area contributed by atoms with E-state index in [2.05, 4.69) is 51.3 Å². The Hall–Kier alpha value is -1.66. The number of rotatable bonds is 4. The highest BCUT2D eigenvalue weighted by atomic mass is 35.5. The molecule has 3 aromatic rings. The number of anilines is 1. The molecule has 0 saturated carbocycles. The maximum Gasteiger partial charge on any atom is 0.255 e. The van der Waals surface area contributed by atoms with Crippen molar-refractivity contribution in [2.45, 2.75) is 33.4 Å². The minimum atomic E-state index is 0.302. The van der Waals surface area contributed by atoms with Crippen molar-refractivity contribution in [2.24, 2.45) is 0 Å². The summed E-state index contributed by atoms with van der Waals surface area (Å²) in [5.41, 5.74) is 0.917. The van der Waals surface area contributed by atoms with Gasteiger partial charge in [0.25, 0.3) is 5.78 Å². The molecule has 3 heterocycles. The van der Waals surface area contributed by atoms with Crippen LogP contribution in [0.25, 0.3) is 5.78 Å². The molecule has 0 bridgehead atoms.